The topological polar surface area (TPSA) is 92.4 Å². The van der Waals surface area contributed by atoms with E-state index in [4.69, 9.17) is 4.42 Å². The van der Waals surface area contributed by atoms with Crippen molar-refractivity contribution in [3.8, 4) is 0 Å². The molecule has 0 bridgehead atoms. The third-order valence-electron chi connectivity index (χ3n) is 4.91. The van der Waals surface area contributed by atoms with Gasteiger partial charge in [-0.2, -0.15) is 0 Å². The number of thioether (sulfide) groups is 1. The summed E-state index contributed by atoms with van der Waals surface area (Å²) in [6.45, 7) is 0.923. The molecular weight excluding hydrogens is 421 g/mol. The van der Waals surface area contributed by atoms with Crippen molar-refractivity contribution in [2.24, 2.45) is 7.05 Å². The largest absolute Gasteiger partial charge is 0.455 e. The molecule has 1 aromatic carbocycles. The number of rotatable bonds is 6. The molecule has 10 heteroatoms. The van der Waals surface area contributed by atoms with Gasteiger partial charge in [0.15, 0.2) is 10.9 Å². The van der Waals surface area contributed by atoms with Gasteiger partial charge >= 0.3 is 6.03 Å². The highest BCUT2D eigenvalue weighted by atomic mass is 32.2. The minimum atomic E-state index is -0.391. The van der Waals surface area contributed by atoms with Crippen LogP contribution in [0, 0.1) is 5.82 Å². The van der Waals surface area contributed by atoms with E-state index in [0.29, 0.717) is 36.7 Å². The first-order valence-electron chi connectivity index (χ1n) is 9.79. The number of hydrogen-bond acceptors (Lipinski definition) is 5. The quantitative estimate of drug-likeness (QED) is 0.569. The number of aryl methyl sites for hydroxylation is 1. The number of hydrogen-bond donors (Lipinski definition) is 2. The minimum Gasteiger partial charge on any atom is -0.455 e. The van der Waals surface area contributed by atoms with E-state index in [1.165, 1.54) is 36.0 Å². The van der Waals surface area contributed by atoms with E-state index in [2.05, 4.69) is 15.6 Å². The lowest BCUT2D eigenvalue weighted by molar-refractivity contribution is 0.0756. The number of likely N-dealkylation sites (tertiary alicyclic amines) is 1. The first kappa shape index (κ1) is 21.0. The number of amides is 3. The molecule has 1 unspecified atom stereocenters. The number of aromatic nitrogens is 2. The second-order valence-electron chi connectivity index (χ2n) is 7.22. The summed E-state index contributed by atoms with van der Waals surface area (Å²) in [6, 6.07) is 8.44. The van der Waals surface area contributed by atoms with Crippen LogP contribution in [0.3, 0.4) is 0 Å². The van der Waals surface area contributed by atoms with E-state index in [0.717, 1.165) is 5.16 Å². The van der Waals surface area contributed by atoms with Crippen LogP contribution >= 0.6 is 11.8 Å². The molecule has 1 fully saturated rings. The van der Waals surface area contributed by atoms with Gasteiger partial charge in [0.05, 0.1) is 5.75 Å². The third-order valence-corrected chi connectivity index (χ3v) is 5.99. The lowest BCUT2D eigenvalue weighted by Crippen LogP contribution is -2.40. The van der Waals surface area contributed by atoms with E-state index in [-0.39, 0.29) is 23.5 Å². The Balaban J connectivity index is 1.26. The van der Waals surface area contributed by atoms with Crippen molar-refractivity contribution in [3.05, 3.63) is 66.1 Å². The summed E-state index contributed by atoms with van der Waals surface area (Å²) in [5.74, 6) is 0.991. The number of nitrogens with one attached hydrogen (secondary N) is 2. The second kappa shape index (κ2) is 9.25. The van der Waals surface area contributed by atoms with Gasteiger partial charge in [-0.1, -0.05) is 11.8 Å². The van der Waals surface area contributed by atoms with Gasteiger partial charge in [-0.05, 0) is 42.8 Å². The van der Waals surface area contributed by atoms with Gasteiger partial charge < -0.3 is 24.5 Å². The maximum atomic E-state index is 13.0. The molecular formula is C21H22FN5O3S. The number of urea groups is 1. The Kier molecular flexibility index (Phi) is 6.26. The van der Waals surface area contributed by atoms with Crippen LogP contribution in [-0.2, 0) is 12.8 Å². The summed E-state index contributed by atoms with van der Waals surface area (Å²) >= 11 is 1.53. The number of imidazole rings is 1. The van der Waals surface area contributed by atoms with Crippen LogP contribution in [0.25, 0.3) is 0 Å². The van der Waals surface area contributed by atoms with Gasteiger partial charge in [0.25, 0.3) is 5.91 Å². The summed E-state index contributed by atoms with van der Waals surface area (Å²) in [5, 5.41) is 6.37. The van der Waals surface area contributed by atoms with Gasteiger partial charge in [-0.3, -0.25) is 4.79 Å². The van der Waals surface area contributed by atoms with Crippen LogP contribution in [0.2, 0.25) is 0 Å². The highest BCUT2D eigenvalue weighted by Gasteiger charge is 2.29. The molecule has 8 nitrogen and oxygen atoms in total. The van der Waals surface area contributed by atoms with Gasteiger partial charge in [0.2, 0.25) is 0 Å². The van der Waals surface area contributed by atoms with Crippen LogP contribution in [0.4, 0.5) is 14.9 Å². The van der Waals surface area contributed by atoms with Crippen molar-refractivity contribution >= 4 is 29.4 Å². The maximum Gasteiger partial charge on any atom is 0.319 e. The van der Waals surface area contributed by atoms with Gasteiger partial charge in [0.1, 0.15) is 11.6 Å². The minimum absolute atomic E-state index is 0.169. The molecule has 1 aliphatic rings. The van der Waals surface area contributed by atoms with Crippen molar-refractivity contribution in [2.75, 3.05) is 18.4 Å². The third kappa shape index (κ3) is 5.26. The van der Waals surface area contributed by atoms with E-state index in [1.54, 1.807) is 23.2 Å². The Labute approximate surface area is 182 Å². The number of anilines is 1. The first-order chi connectivity index (χ1) is 15.0. The summed E-state index contributed by atoms with van der Waals surface area (Å²) in [6.07, 6.45) is 4.25. The molecule has 162 valence electrons. The fraction of sp³-hybridized carbons (Fsp3) is 0.286. The first-order valence-corrected chi connectivity index (χ1v) is 10.8. The average Bonchev–Trinajstić information content (AvgIpc) is 3.49. The molecule has 0 saturated carbocycles. The number of benzene rings is 1. The van der Waals surface area contributed by atoms with Crippen molar-refractivity contribution in [1.29, 1.82) is 0 Å². The Hall–Kier alpha value is -3.27. The molecule has 1 aliphatic heterocycles. The Morgan fingerprint density at radius 2 is 2.06 bits per heavy atom. The molecule has 4 rings (SSSR count). The van der Waals surface area contributed by atoms with Crippen LogP contribution in [-0.4, -0.2) is 45.5 Å². The molecule has 3 heterocycles. The smallest absolute Gasteiger partial charge is 0.319 e. The molecule has 2 aromatic heterocycles. The van der Waals surface area contributed by atoms with E-state index in [1.807, 2.05) is 17.8 Å². The number of furan rings is 1. The fourth-order valence-corrected chi connectivity index (χ4v) is 4.13. The Morgan fingerprint density at radius 1 is 1.26 bits per heavy atom. The highest BCUT2D eigenvalue weighted by molar-refractivity contribution is 7.98. The molecule has 0 aliphatic carbocycles. The Bertz CT molecular complexity index is 1070. The standard InChI is InChI=1S/C21H22FN5O3S/c1-26-11-9-23-21(26)31-13-17-6-7-18(30-17)19(28)27-10-8-16(12-27)25-20(29)24-15-4-2-14(22)3-5-15/h2-7,9,11,16H,8,10,12-13H2,1H3,(H2,24,25,29). The van der Waals surface area contributed by atoms with E-state index >= 15 is 0 Å². The lowest BCUT2D eigenvalue weighted by Gasteiger charge is -2.16. The predicted octanol–water partition coefficient (Wildman–Crippen LogP) is 3.48. The average molecular weight is 444 g/mol. The van der Waals surface area contributed by atoms with Crippen LogP contribution in [0.15, 0.2) is 58.4 Å². The SMILES string of the molecule is Cn1ccnc1SCc1ccc(C(=O)N2CCC(NC(=O)Nc3ccc(F)cc3)C2)o1. The van der Waals surface area contributed by atoms with E-state index in [9.17, 15) is 14.0 Å². The number of halogens is 1. The van der Waals surface area contributed by atoms with Gasteiger partial charge in [-0.15, -0.1) is 0 Å². The molecule has 3 amide bonds. The summed E-state index contributed by atoms with van der Waals surface area (Å²) < 4.78 is 20.6. The Morgan fingerprint density at radius 3 is 2.81 bits per heavy atom. The highest BCUT2D eigenvalue weighted by Crippen LogP contribution is 2.23. The van der Waals surface area contributed by atoms with Crippen molar-refractivity contribution in [2.45, 2.75) is 23.4 Å². The van der Waals surface area contributed by atoms with Crippen molar-refractivity contribution in [3.63, 3.8) is 0 Å². The molecule has 3 aromatic rings. The van der Waals surface area contributed by atoms with E-state index < -0.39 is 6.03 Å². The number of nitrogens with zero attached hydrogens (tertiary/aromatic N) is 3. The van der Waals surface area contributed by atoms with Gasteiger partial charge in [0, 0.05) is 44.3 Å². The zero-order chi connectivity index (χ0) is 21.8. The van der Waals surface area contributed by atoms with Crippen LogP contribution in [0.5, 0.6) is 0 Å². The molecule has 0 spiro atoms. The number of carbonyl (C=O) groups excluding carboxylic acids is 2. The van der Waals surface area contributed by atoms with Crippen LogP contribution < -0.4 is 10.6 Å². The predicted molar refractivity (Wildman–Crippen MR) is 114 cm³/mol. The monoisotopic (exact) mass is 443 g/mol. The van der Waals surface area contributed by atoms with Crippen LogP contribution in [0.1, 0.15) is 22.7 Å². The lowest BCUT2D eigenvalue weighted by atomic mass is 10.2. The fourth-order valence-electron chi connectivity index (χ4n) is 3.30. The zero-order valence-electron chi connectivity index (χ0n) is 16.9. The molecule has 1 atom stereocenters. The number of carbonyl (C=O) groups is 2. The zero-order valence-corrected chi connectivity index (χ0v) is 17.7. The summed E-state index contributed by atoms with van der Waals surface area (Å²) in [5.41, 5.74) is 0.497. The second-order valence-corrected chi connectivity index (χ2v) is 8.16. The molecule has 1 saturated heterocycles. The molecule has 31 heavy (non-hydrogen) atoms. The van der Waals surface area contributed by atoms with Crippen molar-refractivity contribution < 1.29 is 18.4 Å². The molecule has 0 radical (unpaired) electrons. The normalized spacial score (nSPS) is 15.8. The summed E-state index contributed by atoms with van der Waals surface area (Å²) in [4.78, 5) is 30.8. The van der Waals surface area contributed by atoms with Gasteiger partial charge in [-0.25, -0.2) is 14.2 Å². The maximum absolute atomic E-state index is 13.0. The molecule has 2 N–H and O–H groups in total. The summed E-state index contributed by atoms with van der Waals surface area (Å²) in [7, 11) is 1.92. The van der Waals surface area contributed by atoms with Crippen molar-refractivity contribution in [1.82, 2.24) is 19.8 Å².